The number of hydrogen-bond donors (Lipinski definition) is 0. The van der Waals surface area contributed by atoms with Crippen LogP contribution in [0.1, 0.15) is 13.8 Å². The lowest BCUT2D eigenvalue weighted by atomic mass is 10.3. The van der Waals surface area contributed by atoms with Gasteiger partial charge in [0.05, 0.1) is 5.69 Å². The Morgan fingerprint density at radius 1 is 1.16 bits per heavy atom. The van der Waals surface area contributed by atoms with Crippen molar-refractivity contribution in [2.45, 2.75) is 17.8 Å². The van der Waals surface area contributed by atoms with E-state index in [1.54, 1.807) is 28.6 Å². The number of para-hydroxylation sites is 1. The monoisotopic (exact) mass is 360 g/mol. The molecule has 0 amide bonds. The van der Waals surface area contributed by atoms with Gasteiger partial charge in [0.25, 0.3) is 3.92 Å². The van der Waals surface area contributed by atoms with Gasteiger partial charge in [-0.3, -0.25) is 0 Å². The summed E-state index contributed by atoms with van der Waals surface area (Å²) < 4.78 is 13.8. The van der Waals surface area contributed by atoms with Crippen LogP contribution in [0.3, 0.4) is 0 Å². The predicted octanol–water partition coefficient (Wildman–Crippen LogP) is 3.74. The van der Waals surface area contributed by atoms with Crippen LogP contribution in [0, 0.1) is 0 Å². The lowest BCUT2D eigenvalue weighted by Gasteiger charge is -2.37. The van der Waals surface area contributed by atoms with Crippen LogP contribution in [-0.4, -0.2) is 25.5 Å². The van der Waals surface area contributed by atoms with Gasteiger partial charge in [0.1, 0.15) is 0 Å². The van der Waals surface area contributed by atoms with Gasteiger partial charge in [-0.25, -0.2) is 12.8 Å². The zero-order valence-electron chi connectivity index (χ0n) is 10.6. The van der Waals surface area contributed by atoms with Crippen molar-refractivity contribution in [1.29, 1.82) is 0 Å². The molecule has 1 atom stereocenters. The summed E-state index contributed by atoms with van der Waals surface area (Å²) in [6, 6.07) is 8.77. The SMILES string of the molecule is CCN(CC)S(=O)(=S)N(c1ccccc1)C(Cl)(Cl)Cl. The van der Waals surface area contributed by atoms with Crippen molar-refractivity contribution in [2.75, 3.05) is 17.4 Å². The van der Waals surface area contributed by atoms with E-state index in [-0.39, 0.29) is 0 Å². The maximum atomic E-state index is 12.9. The van der Waals surface area contributed by atoms with Crippen LogP contribution in [0.15, 0.2) is 30.3 Å². The summed E-state index contributed by atoms with van der Waals surface area (Å²) in [5, 5.41) is 0. The molecule has 19 heavy (non-hydrogen) atoms. The molecule has 0 aliphatic rings. The molecule has 0 saturated carbocycles. The summed E-state index contributed by atoms with van der Waals surface area (Å²) in [6.07, 6.45) is 0. The van der Waals surface area contributed by atoms with Gasteiger partial charge in [0, 0.05) is 24.3 Å². The van der Waals surface area contributed by atoms with Crippen LogP contribution in [0.5, 0.6) is 0 Å². The van der Waals surface area contributed by atoms with E-state index in [0.717, 1.165) is 4.31 Å². The van der Waals surface area contributed by atoms with Gasteiger partial charge in [-0.15, -0.1) is 0 Å². The zero-order valence-corrected chi connectivity index (χ0v) is 14.5. The third kappa shape index (κ3) is 4.09. The minimum atomic E-state index is -3.07. The van der Waals surface area contributed by atoms with Gasteiger partial charge in [-0.05, 0) is 12.1 Å². The number of rotatable bonds is 5. The Bertz CT molecular complexity index is 498. The van der Waals surface area contributed by atoms with Gasteiger partial charge in [-0.1, -0.05) is 66.8 Å². The molecule has 0 saturated heterocycles. The molecule has 1 aromatic rings. The van der Waals surface area contributed by atoms with Crippen molar-refractivity contribution in [3.8, 4) is 0 Å². The van der Waals surface area contributed by atoms with Crippen molar-refractivity contribution >= 4 is 60.5 Å². The first-order valence-electron chi connectivity index (χ1n) is 5.67. The number of halogens is 3. The summed E-state index contributed by atoms with van der Waals surface area (Å²) in [6.45, 7) is 4.72. The topological polar surface area (TPSA) is 23.6 Å². The Balaban J connectivity index is 3.35. The molecular formula is C11H15Cl3N2OS2. The van der Waals surface area contributed by atoms with Gasteiger partial charge < -0.3 is 0 Å². The van der Waals surface area contributed by atoms with Crippen LogP contribution in [-0.2, 0) is 20.1 Å². The quantitative estimate of drug-likeness (QED) is 0.589. The maximum Gasteiger partial charge on any atom is 0.280 e. The smallest absolute Gasteiger partial charge is 0.232 e. The van der Waals surface area contributed by atoms with E-state index in [4.69, 9.17) is 46.0 Å². The Hall–Kier alpha value is 0.220. The van der Waals surface area contributed by atoms with E-state index < -0.39 is 12.8 Å². The van der Waals surface area contributed by atoms with Crippen molar-refractivity contribution in [1.82, 2.24) is 4.31 Å². The predicted molar refractivity (Wildman–Crippen MR) is 87.6 cm³/mol. The lowest BCUT2D eigenvalue weighted by Crippen LogP contribution is -2.48. The highest BCUT2D eigenvalue weighted by atomic mass is 35.6. The lowest BCUT2D eigenvalue weighted by molar-refractivity contribution is 0.485. The van der Waals surface area contributed by atoms with Gasteiger partial charge in [0.15, 0.2) is 8.86 Å². The normalized spacial score (nSPS) is 15.3. The average Bonchev–Trinajstić information content (AvgIpc) is 2.29. The molecule has 1 rings (SSSR count). The summed E-state index contributed by atoms with van der Waals surface area (Å²) in [7, 11) is -3.07. The third-order valence-corrected chi connectivity index (χ3v) is 6.49. The summed E-state index contributed by atoms with van der Waals surface area (Å²) in [4.78, 5) is 0. The van der Waals surface area contributed by atoms with Crippen LogP contribution in [0.2, 0.25) is 0 Å². The molecule has 108 valence electrons. The highest BCUT2D eigenvalue weighted by molar-refractivity contribution is 8.32. The van der Waals surface area contributed by atoms with E-state index in [0.29, 0.717) is 18.8 Å². The molecule has 0 aliphatic carbocycles. The van der Waals surface area contributed by atoms with Crippen LogP contribution >= 0.6 is 34.8 Å². The Labute approximate surface area is 134 Å². The molecule has 0 fully saturated rings. The van der Waals surface area contributed by atoms with Crippen molar-refractivity contribution in [2.24, 2.45) is 0 Å². The standard InChI is InChI=1S/C11H15Cl3N2OS2/c1-3-15(4-2)19(17,18)16(11(12,13)14)10-8-6-5-7-9-10/h5-9H,3-4H2,1-2H3. The number of nitrogens with zero attached hydrogens (tertiary/aromatic N) is 2. The number of anilines is 1. The molecular weight excluding hydrogens is 347 g/mol. The molecule has 3 nitrogen and oxygen atoms in total. The van der Waals surface area contributed by atoms with E-state index in [2.05, 4.69) is 0 Å². The fraction of sp³-hybridized carbons (Fsp3) is 0.455. The molecule has 0 aliphatic heterocycles. The summed E-state index contributed by atoms with van der Waals surface area (Å²) in [5.74, 6) is 0. The van der Waals surface area contributed by atoms with Crippen LogP contribution in [0.4, 0.5) is 5.69 Å². The highest BCUT2D eigenvalue weighted by Crippen LogP contribution is 2.38. The first-order chi connectivity index (χ1) is 8.75. The molecule has 0 spiro atoms. The Morgan fingerprint density at radius 3 is 2.00 bits per heavy atom. The molecule has 8 heteroatoms. The molecule has 0 aromatic heterocycles. The second kappa shape index (κ2) is 6.78. The molecule has 1 aromatic carbocycles. The summed E-state index contributed by atoms with van der Waals surface area (Å²) in [5.41, 5.74) is 0.509. The largest absolute Gasteiger partial charge is 0.280 e. The minimum Gasteiger partial charge on any atom is -0.232 e. The second-order valence-corrected chi connectivity index (χ2v) is 8.96. The van der Waals surface area contributed by atoms with Crippen molar-refractivity contribution in [3.05, 3.63) is 30.3 Å². The number of alkyl halides is 3. The Morgan fingerprint density at radius 2 is 1.63 bits per heavy atom. The van der Waals surface area contributed by atoms with Crippen LogP contribution in [0.25, 0.3) is 0 Å². The first kappa shape index (κ1) is 17.3. The third-order valence-electron chi connectivity index (χ3n) is 2.48. The van der Waals surface area contributed by atoms with Gasteiger partial charge >= 0.3 is 0 Å². The first-order valence-corrected chi connectivity index (χ1v) is 9.20. The molecule has 0 heterocycles. The second-order valence-electron chi connectivity index (χ2n) is 3.66. The zero-order chi connectivity index (χ0) is 14.7. The van der Waals surface area contributed by atoms with E-state index in [1.807, 2.05) is 19.9 Å². The summed E-state index contributed by atoms with van der Waals surface area (Å²) >= 11 is 23.1. The highest BCUT2D eigenvalue weighted by Gasteiger charge is 2.39. The van der Waals surface area contributed by atoms with E-state index in [9.17, 15) is 4.21 Å². The maximum absolute atomic E-state index is 12.9. The van der Waals surface area contributed by atoms with E-state index in [1.165, 1.54) is 0 Å². The fourth-order valence-electron chi connectivity index (χ4n) is 1.64. The van der Waals surface area contributed by atoms with Crippen molar-refractivity contribution in [3.63, 3.8) is 0 Å². The molecule has 0 N–H and O–H groups in total. The fourth-order valence-corrected chi connectivity index (χ4v) is 5.90. The minimum absolute atomic E-state index is 0.503. The molecule has 0 radical (unpaired) electrons. The van der Waals surface area contributed by atoms with Crippen LogP contribution < -0.4 is 4.31 Å². The number of hydrogen-bond acceptors (Lipinski definition) is 2. The van der Waals surface area contributed by atoms with Crippen molar-refractivity contribution < 1.29 is 4.21 Å². The van der Waals surface area contributed by atoms with Gasteiger partial charge in [-0.2, -0.15) is 0 Å². The average molecular weight is 362 g/mol. The molecule has 0 bridgehead atoms. The Kier molecular flexibility index (Phi) is 6.17. The van der Waals surface area contributed by atoms with E-state index >= 15 is 0 Å². The molecule has 1 unspecified atom stereocenters. The number of benzene rings is 1. The van der Waals surface area contributed by atoms with Gasteiger partial charge in [0.2, 0.25) is 0 Å².